The second kappa shape index (κ2) is 15.1. The Balaban J connectivity index is 0.00000249. The van der Waals surface area contributed by atoms with Crippen molar-refractivity contribution in [2.75, 3.05) is 27.9 Å². The number of hydrogen-bond acceptors (Lipinski definition) is 7. The second-order valence-electron chi connectivity index (χ2n) is 6.84. The first kappa shape index (κ1) is 27.2. The fourth-order valence-corrected chi connectivity index (χ4v) is 3.22. The number of carbonyl (C=O) groups excluding carboxylic acids is 2. The molecule has 0 aromatic heterocycles. The lowest BCUT2D eigenvalue weighted by atomic mass is 9.89. The van der Waals surface area contributed by atoms with E-state index in [2.05, 4.69) is 6.92 Å². The van der Waals surface area contributed by atoms with Gasteiger partial charge in [-0.05, 0) is 12.0 Å². The van der Waals surface area contributed by atoms with Crippen LogP contribution in [0.3, 0.4) is 0 Å². The number of unbranched alkanes of at least 4 members (excludes halogenated alkanes) is 3. The first-order chi connectivity index (χ1) is 15.6. The standard InChI is InChI=1S/C24H30O6.H3OP/c1-5-6-7-11-14-30-24(26)21(17-12-9-8-10-13-17)23(25)22-19(28-3)15-18(27-2)16-20(22)29-4;1-2/h8-10,12-13,15-16,21H,5-7,11,14H2,1-4H3;2H3. The molecule has 0 N–H and O–H groups in total. The second-order valence-corrected chi connectivity index (χ2v) is 6.84. The molecule has 2 aromatic rings. The Kier molecular flexibility index (Phi) is 12.8. The van der Waals surface area contributed by atoms with Crippen molar-refractivity contribution in [2.24, 2.45) is 0 Å². The van der Waals surface area contributed by atoms with Crippen molar-refractivity contribution in [3.8, 4) is 17.2 Å². The van der Waals surface area contributed by atoms with Crippen LogP contribution in [0.4, 0.5) is 0 Å². The molecule has 0 radical (unpaired) electrons. The SMILES string of the molecule is CCCCCCOC(=O)C(C(=O)c1c(OC)cc(OC)cc1OC)c1ccccc1.O=[PH3]. The summed E-state index contributed by atoms with van der Waals surface area (Å²) in [6.07, 6.45) is 3.92. The molecule has 0 saturated heterocycles. The van der Waals surface area contributed by atoms with Gasteiger partial charge in [-0.2, -0.15) is 0 Å². The fraction of sp³-hybridized carbons (Fsp3) is 0.417. The molecule has 0 spiro atoms. The van der Waals surface area contributed by atoms with Gasteiger partial charge in [-0.3, -0.25) is 9.59 Å². The van der Waals surface area contributed by atoms with Gasteiger partial charge in [0.1, 0.15) is 28.7 Å². The van der Waals surface area contributed by atoms with Crippen LogP contribution in [0.25, 0.3) is 0 Å². The Morgan fingerprint density at radius 2 is 1.47 bits per heavy atom. The average Bonchev–Trinajstić information content (AvgIpc) is 2.84. The van der Waals surface area contributed by atoms with Crippen LogP contribution in [0, 0.1) is 0 Å². The summed E-state index contributed by atoms with van der Waals surface area (Å²) in [4.78, 5) is 26.5. The summed E-state index contributed by atoms with van der Waals surface area (Å²) in [5, 5.41) is 0. The number of ketones is 1. The summed E-state index contributed by atoms with van der Waals surface area (Å²) in [5.41, 5.74) is 0.735. The zero-order valence-electron chi connectivity index (χ0n) is 19.2. The topological polar surface area (TPSA) is 88.1 Å². The highest BCUT2D eigenvalue weighted by molar-refractivity contribution is 7.00. The minimum absolute atomic E-state index is 0.178. The summed E-state index contributed by atoms with van der Waals surface area (Å²) in [6, 6.07) is 12.1. The number of esters is 1. The van der Waals surface area contributed by atoms with Crippen LogP contribution >= 0.6 is 9.12 Å². The van der Waals surface area contributed by atoms with E-state index in [1.807, 2.05) is 6.07 Å². The molecule has 0 bridgehead atoms. The van der Waals surface area contributed by atoms with Gasteiger partial charge in [0.25, 0.3) is 0 Å². The number of ether oxygens (including phenoxy) is 4. The third-order valence-corrected chi connectivity index (χ3v) is 4.83. The molecule has 2 rings (SSSR count). The third-order valence-electron chi connectivity index (χ3n) is 4.83. The lowest BCUT2D eigenvalue weighted by Crippen LogP contribution is -2.25. The molecule has 7 nitrogen and oxygen atoms in total. The lowest BCUT2D eigenvalue weighted by Gasteiger charge is -2.19. The van der Waals surface area contributed by atoms with Crippen molar-refractivity contribution in [1.29, 1.82) is 0 Å². The molecule has 176 valence electrons. The molecule has 0 heterocycles. The predicted molar refractivity (Wildman–Crippen MR) is 127 cm³/mol. The van der Waals surface area contributed by atoms with Crippen LogP contribution in [0.5, 0.6) is 17.2 Å². The van der Waals surface area contributed by atoms with Crippen LogP contribution in [0.15, 0.2) is 42.5 Å². The molecule has 0 saturated carbocycles. The van der Waals surface area contributed by atoms with E-state index < -0.39 is 17.7 Å². The van der Waals surface area contributed by atoms with E-state index in [-0.39, 0.29) is 23.7 Å². The normalized spacial score (nSPS) is 11.0. The van der Waals surface area contributed by atoms with Crippen LogP contribution in [0.2, 0.25) is 0 Å². The van der Waals surface area contributed by atoms with E-state index in [1.165, 1.54) is 21.3 Å². The Hall–Kier alpha value is -2.79. The minimum Gasteiger partial charge on any atom is -0.496 e. The Labute approximate surface area is 191 Å². The summed E-state index contributed by atoms with van der Waals surface area (Å²) in [7, 11) is 5.03. The Morgan fingerprint density at radius 3 is 1.97 bits per heavy atom. The molecule has 0 fully saturated rings. The lowest BCUT2D eigenvalue weighted by molar-refractivity contribution is -0.144. The maximum atomic E-state index is 13.6. The first-order valence-corrected chi connectivity index (χ1v) is 11.0. The zero-order valence-corrected chi connectivity index (χ0v) is 20.6. The predicted octanol–water partition coefficient (Wildman–Crippen LogP) is 4.74. The molecule has 8 heteroatoms. The highest BCUT2D eigenvalue weighted by atomic mass is 31.0. The fourth-order valence-electron chi connectivity index (χ4n) is 3.22. The summed E-state index contributed by atoms with van der Waals surface area (Å²) in [5.74, 6) is -1.12. The van der Waals surface area contributed by atoms with Crippen molar-refractivity contribution < 1.29 is 33.1 Å². The Morgan fingerprint density at radius 1 is 0.875 bits per heavy atom. The molecule has 32 heavy (non-hydrogen) atoms. The largest absolute Gasteiger partial charge is 0.496 e. The van der Waals surface area contributed by atoms with Crippen LogP contribution in [-0.2, 0) is 14.1 Å². The highest BCUT2D eigenvalue weighted by Crippen LogP contribution is 2.37. The van der Waals surface area contributed by atoms with E-state index in [4.69, 9.17) is 23.5 Å². The zero-order chi connectivity index (χ0) is 23.9. The van der Waals surface area contributed by atoms with Gasteiger partial charge in [0, 0.05) is 12.1 Å². The monoisotopic (exact) mass is 464 g/mol. The number of benzene rings is 2. The molecule has 0 amide bonds. The molecular weight excluding hydrogens is 431 g/mol. The maximum absolute atomic E-state index is 13.6. The smallest absolute Gasteiger partial charge is 0.321 e. The van der Waals surface area contributed by atoms with Crippen LogP contribution in [0.1, 0.15) is 54.4 Å². The van der Waals surface area contributed by atoms with Crippen molar-refractivity contribution in [1.82, 2.24) is 0 Å². The van der Waals surface area contributed by atoms with E-state index in [1.54, 1.807) is 36.4 Å². The molecule has 0 aliphatic rings. The van der Waals surface area contributed by atoms with Gasteiger partial charge >= 0.3 is 5.97 Å². The van der Waals surface area contributed by atoms with E-state index in [9.17, 15) is 9.59 Å². The number of hydrogen-bond donors (Lipinski definition) is 0. The number of Topliss-reactive ketones (excluding diaryl/α,β-unsaturated/α-hetero) is 1. The van der Waals surface area contributed by atoms with Gasteiger partial charge in [-0.25, -0.2) is 0 Å². The minimum atomic E-state index is -1.12. The number of methoxy groups -OCH3 is 3. The van der Waals surface area contributed by atoms with Crippen LogP contribution < -0.4 is 14.2 Å². The van der Waals surface area contributed by atoms with Crippen molar-refractivity contribution >= 4 is 20.9 Å². The summed E-state index contributed by atoms with van der Waals surface area (Å²) < 4.78 is 29.8. The molecule has 2 unspecified atom stereocenters. The average molecular weight is 464 g/mol. The van der Waals surface area contributed by atoms with Crippen molar-refractivity contribution in [2.45, 2.75) is 38.5 Å². The first-order valence-electron chi connectivity index (χ1n) is 10.4. The summed E-state index contributed by atoms with van der Waals surface area (Å²) in [6.45, 7) is 2.40. The van der Waals surface area contributed by atoms with Gasteiger partial charge in [-0.15, -0.1) is 0 Å². The summed E-state index contributed by atoms with van der Waals surface area (Å²) >= 11 is 0. The molecule has 0 aliphatic carbocycles. The van der Waals surface area contributed by atoms with Crippen molar-refractivity contribution in [3.05, 3.63) is 53.6 Å². The highest BCUT2D eigenvalue weighted by Gasteiger charge is 2.35. The Bertz CT molecular complexity index is 830. The van der Waals surface area contributed by atoms with E-state index in [0.717, 1.165) is 25.7 Å². The molecule has 2 aromatic carbocycles. The van der Waals surface area contributed by atoms with Crippen LogP contribution in [-0.4, -0.2) is 39.7 Å². The number of rotatable bonds is 12. The quantitative estimate of drug-likeness (QED) is 0.147. The van der Waals surface area contributed by atoms with Gasteiger partial charge in [0.15, 0.2) is 5.78 Å². The molecular formula is C24H33O7P. The maximum Gasteiger partial charge on any atom is 0.321 e. The van der Waals surface area contributed by atoms with Gasteiger partial charge in [0.2, 0.25) is 0 Å². The van der Waals surface area contributed by atoms with Gasteiger partial charge < -0.3 is 23.5 Å². The molecule has 0 aliphatic heterocycles. The van der Waals surface area contributed by atoms with E-state index in [0.29, 0.717) is 20.4 Å². The van der Waals surface area contributed by atoms with Crippen molar-refractivity contribution in [3.63, 3.8) is 0 Å². The van der Waals surface area contributed by atoms with Gasteiger partial charge in [0.05, 0.1) is 37.1 Å². The third kappa shape index (κ3) is 7.41. The van der Waals surface area contributed by atoms with Gasteiger partial charge in [-0.1, -0.05) is 56.5 Å². The molecule has 2 atom stereocenters. The number of carbonyl (C=O) groups is 2. The van der Waals surface area contributed by atoms with E-state index >= 15 is 0 Å².